The van der Waals surface area contributed by atoms with Crippen LogP contribution in [0.1, 0.15) is 0 Å². The van der Waals surface area contributed by atoms with Gasteiger partial charge in [0.2, 0.25) is 0 Å². The van der Waals surface area contributed by atoms with E-state index in [1.165, 1.54) is 0 Å². The lowest BCUT2D eigenvalue weighted by Gasteiger charge is -2.33. The average Bonchev–Trinajstić information content (AvgIpc) is 3.16. The van der Waals surface area contributed by atoms with Crippen molar-refractivity contribution in [2.24, 2.45) is 5.41 Å². The van der Waals surface area contributed by atoms with Gasteiger partial charge in [-0.3, -0.25) is 0 Å². The number of hydrogen-bond acceptors (Lipinski definition) is 12. The van der Waals surface area contributed by atoms with Crippen LogP contribution in [0.5, 0.6) is 0 Å². The van der Waals surface area contributed by atoms with Gasteiger partial charge in [-0.15, -0.1) is 0 Å². The van der Waals surface area contributed by atoms with E-state index in [9.17, 15) is 87.8 Å². The van der Waals surface area contributed by atoms with E-state index in [0.717, 1.165) is 0 Å². The first kappa shape index (κ1) is 63.1. The quantitative estimate of drug-likeness (QED) is 0.0468. The van der Waals surface area contributed by atoms with Gasteiger partial charge in [-0.25, -0.2) is 0 Å². The summed E-state index contributed by atoms with van der Waals surface area (Å²) >= 11 is 0. The fourth-order valence-corrected chi connectivity index (χ4v) is 3.88. The van der Waals surface area contributed by atoms with Crippen molar-refractivity contribution in [1.82, 2.24) is 0 Å². The van der Waals surface area contributed by atoms with Crippen LogP contribution < -0.4 is 0 Å². The van der Waals surface area contributed by atoms with Crippen molar-refractivity contribution in [1.29, 1.82) is 0 Å². The van der Waals surface area contributed by atoms with Gasteiger partial charge in [-0.2, -0.15) is 87.8 Å². The number of rotatable bonds is 40. The predicted octanol–water partition coefficient (Wildman–Crippen LogP) is 6.96. The molecule has 0 bridgehead atoms. The molecular formula is C33H48F20O12. The van der Waals surface area contributed by atoms with Crippen LogP contribution in [-0.4, -0.2) is 207 Å². The molecule has 0 aliphatic heterocycles. The molecule has 0 radical (unpaired) electrons. The summed E-state index contributed by atoms with van der Waals surface area (Å²) < 4.78 is 311. The summed E-state index contributed by atoms with van der Waals surface area (Å²) in [7, 11) is 0. The van der Waals surface area contributed by atoms with Crippen molar-refractivity contribution >= 4 is 0 Å². The Balaban J connectivity index is 5.41. The Morgan fingerprint density at radius 3 is 0.431 bits per heavy atom. The zero-order chi connectivity index (χ0) is 50.0. The molecule has 0 aliphatic carbocycles. The summed E-state index contributed by atoms with van der Waals surface area (Å²) in [6.07, 6.45) is -23.4. The smallest absolute Gasteiger partial charge is 0.378 e. The molecule has 0 saturated heterocycles. The summed E-state index contributed by atoms with van der Waals surface area (Å²) in [5, 5.41) is 0. The topological polar surface area (TPSA) is 111 Å². The van der Waals surface area contributed by atoms with E-state index in [4.69, 9.17) is 37.9 Å². The first-order valence-corrected chi connectivity index (χ1v) is 18.5. The summed E-state index contributed by atoms with van der Waals surface area (Å²) in [6, 6.07) is 0. The Bertz CT molecular complexity index is 1030. The fourth-order valence-electron chi connectivity index (χ4n) is 3.88. The largest absolute Gasteiger partial charge is 0.455 e. The third-order valence-electron chi connectivity index (χ3n) is 7.40. The van der Waals surface area contributed by atoms with Crippen molar-refractivity contribution < 1.29 is 145 Å². The first-order valence-electron chi connectivity index (χ1n) is 18.5. The van der Waals surface area contributed by atoms with E-state index in [1.807, 2.05) is 0 Å². The minimum absolute atomic E-state index is 0.288. The van der Waals surface area contributed by atoms with E-state index in [2.05, 4.69) is 18.9 Å². The number of hydrogen-bond donors (Lipinski definition) is 0. The summed E-state index contributed by atoms with van der Waals surface area (Å²) in [4.78, 5) is 0. The van der Waals surface area contributed by atoms with Crippen LogP contribution in [0.3, 0.4) is 0 Å². The van der Waals surface area contributed by atoms with E-state index in [-0.39, 0.29) is 79.3 Å². The summed E-state index contributed by atoms with van der Waals surface area (Å²) in [6.45, 7) is -16.2. The second kappa shape index (κ2) is 29.9. The second-order valence-electron chi connectivity index (χ2n) is 13.2. The lowest BCUT2D eigenvalue weighted by Crippen LogP contribution is -2.43. The predicted molar refractivity (Wildman–Crippen MR) is 176 cm³/mol. The van der Waals surface area contributed by atoms with Gasteiger partial charge >= 0.3 is 48.4 Å². The van der Waals surface area contributed by atoms with Crippen LogP contribution in [0, 0.1) is 5.41 Å². The Hall–Kier alpha value is -1.88. The highest BCUT2D eigenvalue weighted by Crippen LogP contribution is 2.38. The van der Waals surface area contributed by atoms with Crippen LogP contribution >= 0.6 is 0 Å². The van der Waals surface area contributed by atoms with E-state index in [1.54, 1.807) is 0 Å². The molecule has 12 nitrogen and oxygen atoms in total. The van der Waals surface area contributed by atoms with E-state index >= 15 is 0 Å². The van der Waals surface area contributed by atoms with E-state index < -0.39 is 133 Å². The van der Waals surface area contributed by atoms with Crippen LogP contribution in [0.4, 0.5) is 87.8 Å². The molecule has 0 unspecified atom stereocenters. The van der Waals surface area contributed by atoms with E-state index in [0.29, 0.717) is 0 Å². The molecule has 392 valence electrons. The monoisotopic (exact) mass is 1020 g/mol. The van der Waals surface area contributed by atoms with Crippen LogP contribution in [0.2, 0.25) is 0 Å². The third-order valence-corrected chi connectivity index (χ3v) is 7.40. The highest BCUT2D eigenvalue weighted by molar-refractivity contribution is 4.80. The molecule has 0 rings (SSSR count). The molecule has 0 N–H and O–H groups in total. The highest BCUT2D eigenvalue weighted by atomic mass is 19.4. The molecule has 0 heterocycles. The molecule has 0 amide bonds. The molecule has 0 aliphatic rings. The minimum atomic E-state index is -5.85. The van der Waals surface area contributed by atoms with Crippen molar-refractivity contribution in [2.45, 2.75) is 48.4 Å². The van der Waals surface area contributed by atoms with Crippen molar-refractivity contribution in [2.75, 3.05) is 159 Å². The molecule has 0 aromatic carbocycles. The van der Waals surface area contributed by atoms with Crippen molar-refractivity contribution in [3.05, 3.63) is 0 Å². The summed E-state index contributed by atoms with van der Waals surface area (Å²) in [5.41, 5.74) is -1.36. The van der Waals surface area contributed by atoms with Gasteiger partial charge in [0.15, 0.2) is 0 Å². The van der Waals surface area contributed by atoms with Gasteiger partial charge < -0.3 is 56.8 Å². The molecular weight excluding hydrogens is 968 g/mol. The molecule has 0 fully saturated rings. The van der Waals surface area contributed by atoms with Gasteiger partial charge in [0.25, 0.3) is 0 Å². The molecule has 65 heavy (non-hydrogen) atoms. The normalized spacial score (nSPS) is 14.2. The molecule has 32 heteroatoms. The van der Waals surface area contributed by atoms with Crippen molar-refractivity contribution in [3.8, 4) is 0 Å². The van der Waals surface area contributed by atoms with Crippen LogP contribution in [0.15, 0.2) is 0 Å². The Labute approximate surface area is 357 Å². The average molecular weight is 1020 g/mol. The maximum Gasteiger partial charge on any atom is 0.455 e. The zero-order valence-corrected chi connectivity index (χ0v) is 33.9. The van der Waals surface area contributed by atoms with Gasteiger partial charge in [0.05, 0.1) is 138 Å². The maximum absolute atomic E-state index is 13.0. The Morgan fingerprint density at radius 1 is 0.169 bits per heavy atom. The fraction of sp³-hybridized carbons (Fsp3) is 1.00. The Morgan fingerprint density at radius 2 is 0.292 bits per heavy atom. The summed E-state index contributed by atoms with van der Waals surface area (Å²) in [5.74, 6) is -20.5. The lowest BCUT2D eigenvalue weighted by molar-refractivity contribution is -0.297. The molecule has 0 aromatic rings. The van der Waals surface area contributed by atoms with Crippen LogP contribution in [0.25, 0.3) is 0 Å². The number of halogens is 20. The highest BCUT2D eigenvalue weighted by Gasteiger charge is 2.60. The Kier molecular flexibility index (Phi) is 29.0. The van der Waals surface area contributed by atoms with Gasteiger partial charge in [0, 0.05) is 0 Å². The standard InChI is InChI=1S/C33H48F20O12/c34-26(35,30(42,43)44)21-62-13-5-54-1-9-58-17-25(18-59-10-2-55-6-14-63-22-27(36,37)31(45,46)47,19-60-11-3-56-7-15-64-23-28(38,39)32(48,49)50)20-61-12-4-57-8-16-65-24-29(40,41)33(51,52)53/h1-24H2. The lowest BCUT2D eigenvalue weighted by atomic mass is 9.92. The molecule has 0 spiro atoms. The molecule has 0 saturated carbocycles. The number of ether oxygens (including phenoxy) is 12. The minimum Gasteiger partial charge on any atom is -0.378 e. The maximum atomic E-state index is 13.0. The molecule has 0 aromatic heterocycles. The third kappa shape index (κ3) is 27.6. The van der Waals surface area contributed by atoms with Crippen LogP contribution in [-0.2, 0) is 56.8 Å². The zero-order valence-electron chi connectivity index (χ0n) is 33.9. The van der Waals surface area contributed by atoms with Crippen molar-refractivity contribution in [3.63, 3.8) is 0 Å². The first-order chi connectivity index (χ1) is 29.8. The van der Waals surface area contributed by atoms with Gasteiger partial charge in [0.1, 0.15) is 26.4 Å². The SMILES string of the molecule is FC(F)(F)C(F)(F)COCCOCCOCC(COCCOCCOCC(F)(F)C(F)(F)F)(COCCOCCOCC(F)(F)C(F)(F)F)COCCOCCOCC(F)(F)C(F)(F)F. The number of alkyl halides is 20. The van der Waals surface area contributed by atoms with Gasteiger partial charge in [-0.1, -0.05) is 0 Å². The van der Waals surface area contributed by atoms with Gasteiger partial charge in [-0.05, 0) is 0 Å². The molecule has 0 atom stereocenters. The second-order valence-corrected chi connectivity index (χ2v) is 13.2.